The SMILES string of the molecule is O=[N+]([O-])c1cc(Br)cc([N+](=O)[O-])c1N(CCN(c1c([N+](=O)[O-])cc(Br)cc1[N+](=O)[O-])[N+](=O)[O-])[N+](=O)[O-]. The fourth-order valence-corrected chi connectivity index (χ4v) is 3.83. The zero-order valence-electron chi connectivity index (χ0n) is 17.0. The molecule has 22 heteroatoms. The zero-order valence-corrected chi connectivity index (χ0v) is 20.1. The van der Waals surface area contributed by atoms with Gasteiger partial charge in [0.25, 0.3) is 11.4 Å². The molecular formula is C14H8Br2N8O12. The summed E-state index contributed by atoms with van der Waals surface area (Å²) in [5.41, 5.74) is -6.74. The highest BCUT2D eigenvalue weighted by molar-refractivity contribution is 9.10. The van der Waals surface area contributed by atoms with E-state index in [0.717, 1.165) is 0 Å². The van der Waals surface area contributed by atoms with Crippen molar-refractivity contribution < 1.29 is 29.8 Å². The molecule has 0 atom stereocenters. The van der Waals surface area contributed by atoms with Crippen LogP contribution in [-0.4, -0.2) is 42.8 Å². The number of nitro groups is 6. The van der Waals surface area contributed by atoms with Crippen molar-refractivity contribution in [1.82, 2.24) is 0 Å². The van der Waals surface area contributed by atoms with E-state index in [2.05, 4.69) is 31.9 Å². The second-order valence-corrected chi connectivity index (χ2v) is 8.17. The molecule has 0 aliphatic carbocycles. The number of benzene rings is 2. The summed E-state index contributed by atoms with van der Waals surface area (Å²) >= 11 is 5.61. The lowest BCUT2D eigenvalue weighted by molar-refractivity contribution is -0.508. The van der Waals surface area contributed by atoms with Gasteiger partial charge in [0, 0.05) is 33.2 Å². The van der Waals surface area contributed by atoms with Crippen LogP contribution >= 0.6 is 31.9 Å². The number of nitro benzene ring substituents is 4. The molecule has 0 amide bonds. The van der Waals surface area contributed by atoms with E-state index in [4.69, 9.17) is 0 Å². The van der Waals surface area contributed by atoms with Crippen molar-refractivity contribution in [3.8, 4) is 0 Å². The smallest absolute Gasteiger partial charge is 0.258 e. The fraction of sp³-hybridized carbons (Fsp3) is 0.143. The first-order chi connectivity index (χ1) is 16.7. The third kappa shape index (κ3) is 5.72. The second kappa shape index (κ2) is 10.8. The Bertz CT molecular complexity index is 1150. The molecule has 0 aromatic heterocycles. The molecule has 20 nitrogen and oxygen atoms in total. The summed E-state index contributed by atoms with van der Waals surface area (Å²) in [5, 5.41) is 66.3. The maximum Gasteiger partial charge on any atom is 0.306 e. The van der Waals surface area contributed by atoms with E-state index < -0.39 is 77.0 Å². The van der Waals surface area contributed by atoms with Gasteiger partial charge < -0.3 is 0 Å². The zero-order chi connectivity index (χ0) is 27.5. The fourth-order valence-electron chi connectivity index (χ4n) is 2.97. The molecule has 0 aliphatic heterocycles. The van der Waals surface area contributed by atoms with Gasteiger partial charge in [-0.1, -0.05) is 41.9 Å². The van der Waals surface area contributed by atoms with Crippen LogP contribution < -0.4 is 10.0 Å². The lowest BCUT2D eigenvalue weighted by atomic mass is 10.2. The van der Waals surface area contributed by atoms with Gasteiger partial charge in [-0.25, -0.2) is 20.2 Å². The minimum Gasteiger partial charge on any atom is -0.258 e. The molecule has 0 bridgehead atoms. The van der Waals surface area contributed by atoms with Crippen LogP contribution in [0.2, 0.25) is 0 Å². The highest BCUT2D eigenvalue weighted by atomic mass is 79.9. The molecule has 0 unspecified atom stereocenters. The number of nitrogens with zero attached hydrogens (tertiary/aromatic N) is 8. The maximum atomic E-state index is 11.7. The summed E-state index contributed by atoms with van der Waals surface area (Å²) < 4.78 is -0.359. The summed E-state index contributed by atoms with van der Waals surface area (Å²) in [6.45, 7) is -2.41. The van der Waals surface area contributed by atoms with E-state index in [1.54, 1.807) is 0 Å². The van der Waals surface area contributed by atoms with E-state index in [-0.39, 0.29) is 19.0 Å². The molecule has 2 aromatic carbocycles. The third-order valence-corrected chi connectivity index (χ3v) is 5.21. The maximum absolute atomic E-state index is 11.7. The lowest BCUT2D eigenvalue weighted by Crippen LogP contribution is -2.41. The number of halogens is 2. The van der Waals surface area contributed by atoms with Crippen molar-refractivity contribution in [3.63, 3.8) is 0 Å². The van der Waals surface area contributed by atoms with E-state index in [1.807, 2.05) is 0 Å². The van der Waals surface area contributed by atoms with E-state index >= 15 is 0 Å². The number of hydrogen-bond acceptors (Lipinski definition) is 12. The monoisotopic (exact) mass is 638 g/mol. The van der Waals surface area contributed by atoms with Gasteiger partial charge in [0.1, 0.15) is 13.1 Å². The number of hydrazine groups is 2. The number of rotatable bonds is 11. The first kappa shape index (κ1) is 27.6. The molecule has 0 heterocycles. The Morgan fingerprint density at radius 3 is 0.917 bits per heavy atom. The summed E-state index contributed by atoms with van der Waals surface area (Å²) in [4.78, 5) is 64.6. The van der Waals surface area contributed by atoms with Gasteiger partial charge in [0.15, 0.2) is 10.1 Å². The molecule has 0 spiro atoms. The Kier molecular flexibility index (Phi) is 8.27. The first-order valence-electron chi connectivity index (χ1n) is 8.75. The van der Waals surface area contributed by atoms with Crippen molar-refractivity contribution >= 4 is 66.0 Å². The van der Waals surface area contributed by atoms with Crippen molar-refractivity contribution in [2.75, 3.05) is 23.1 Å². The average molecular weight is 640 g/mol. The predicted octanol–water partition coefficient (Wildman–Crippen LogP) is 3.54. The average Bonchev–Trinajstić information content (AvgIpc) is 2.75. The molecule has 190 valence electrons. The van der Waals surface area contributed by atoms with Crippen LogP contribution in [0.25, 0.3) is 0 Å². The Hall–Kier alpha value is -4.60. The Balaban J connectivity index is 2.70. The Morgan fingerprint density at radius 2 is 0.750 bits per heavy atom. The van der Waals surface area contributed by atoms with Crippen LogP contribution in [0.15, 0.2) is 33.2 Å². The quantitative estimate of drug-likeness (QED) is 0.251. The van der Waals surface area contributed by atoms with Gasteiger partial charge in [0.2, 0.25) is 0 Å². The van der Waals surface area contributed by atoms with Crippen LogP contribution in [0, 0.1) is 60.7 Å². The summed E-state index contributed by atoms with van der Waals surface area (Å²) in [5.74, 6) is 0. The third-order valence-electron chi connectivity index (χ3n) is 4.29. The molecule has 0 radical (unpaired) electrons. The largest absolute Gasteiger partial charge is 0.306 e. The summed E-state index contributed by atoms with van der Waals surface area (Å²) in [7, 11) is 0. The molecular weight excluding hydrogens is 632 g/mol. The van der Waals surface area contributed by atoms with Gasteiger partial charge in [-0.2, -0.15) is 0 Å². The van der Waals surface area contributed by atoms with E-state index in [1.165, 1.54) is 0 Å². The molecule has 2 aromatic rings. The minimum atomic E-state index is -1.33. The lowest BCUT2D eigenvalue weighted by Gasteiger charge is -2.18. The minimum absolute atomic E-state index is 0.143. The molecule has 0 fully saturated rings. The normalized spacial score (nSPS) is 10.4. The first-order valence-corrected chi connectivity index (χ1v) is 10.3. The van der Waals surface area contributed by atoms with Gasteiger partial charge in [-0.15, -0.1) is 0 Å². The number of anilines is 2. The molecule has 0 saturated heterocycles. The van der Waals surface area contributed by atoms with E-state index in [0.29, 0.717) is 24.3 Å². The Labute approximate surface area is 212 Å². The van der Waals surface area contributed by atoms with Crippen LogP contribution in [0.1, 0.15) is 0 Å². The standard InChI is InChI=1S/C14H8Br2N8O12/c15-7-3-9(19(25)26)13(10(4-7)20(27)28)17(23(33)34)1-2-18(24(35)36)14-11(21(29)30)5-8(16)6-12(14)22(31)32/h3-6H,1-2H2. The van der Waals surface area contributed by atoms with Crippen molar-refractivity contribution in [2.24, 2.45) is 0 Å². The second-order valence-electron chi connectivity index (χ2n) is 6.34. The molecule has 0 N–H and O–H groups in total. The highest BCUT2D eigenvalue weighted by Crippen LogP contribution is 2.42. The van der Waals surface area contributed by atoms with E-state index in [9.17, 15) is 60.7 Å². The van der Waals surface area contributed by atoms with Crippen molar-refractivity contribution in [2.45, 2.75) is 0 Å². The van der Waals surface area contributed by atoms with Crippen molar-refractivity contribution in [1.29, 1.82) is 0 Å². The molecule has 36 heavy (non-hydrogen) atoms. The Morgan fingerprint density at radius 1 is 0.528 bits per heavy atom. The van der Waals surface area contributed by atoms with Crippen LogP contribution in [-0.2, 0) is 0 Å². The molecule has 0 saturated carbocycles. The van der Waals surface area contributed by atoms with Gasteiger partial charge in [-0.3, -0.25) is 40.5 Å². The highest BCUT2D eigenvalue weighted by Gasteiger charge is 2.41. The van der Waals surface area contributed by atoms with Gasteiger partial charge >= 0.3 is 22.7 Å². The van der Waals surface area contributed by atoms with Gasteiger partial charge in [-0.05, 0) is 0 Å². The van der Waals surface area contributed by atoms with Crippen LogP contribution in [0.3, 0.4) is 0 Å². The summed E-state index contributed by atoms with van der Waals surface area (Å²) in [6, 6.07) is 2.87. The van der Waals surface area contributed by atoms with Crippen LogP contribution in [0.4, 0.5) is 34.1 Å². The van der Waals surface area contributed by atoms with Crippen molar-refractivity contribution in [3.05, 3.63) is 93.9 Å². The number of hydrogen-bond donors (Lipinski definition) is 0. The summed E-state index contributed by atoms with van der Waals surface area (Å²) in [6.07, 6.45) is 0. The molecule has 2 rings (SSSR count). The predicted molar refractivity (Wildman–Crippen MR) is 124 cm³/mol. The van der Waals surface area contributed by atoms with Gasteiger partial charge in [0.05, 0.1) is 19.7 Å². The van der Waals surface area contributed by atoms with Crippen LogP contribution in [0.5, 0.6) is 0 Å². The molecule has 0 aliphatic rings. The topological polar surface area (TPSA) is 265 Å².